The standard InChI is InChI=1S/C13H19Cl2NO3S/c1-2-3-9-19-10(17)7-5-4-6-8-16-13(18)11(14)12(15)20-16/h2-9H2,1H3. The molecule has 114 valence electrons. The van der Waals surface area contributed by atoms with E-state index in [2.05, 4.69) is 6.92 Å². The lowest BCUT2D eigenvalue weighted by atomic mass is 10.2. The van der Waals surface area contributed by atoms with Gasteiger partial charge in [-0.25, -0.2) is 0 Å². The largest absolute Gasteiger partial charge is 0.466 e. The van der Waals surface area contributed by atoms with E-state index >= 15 is 0 Å². The lowest BCUT2D eigenvalue weighted by molar-refractivity contribution is -0.143. The lowest BCUT2D eigenvalue weighted by Gasteiger charge is -2.04. The molecule has 0 saturated heterocycles. The van der Waals surface area contributed by atoms with Crippen molar-refractivity contribution < 1.29 is 9.53 Å². The Morgan fingerprint density at radius 2 is 2.00 bits per heavy atom. The number of esters is 1. The van der Waals surface area contributed by atoms with E-state index in [1.165, 1.54) is 0 Å². The molecule has 0 unspecified atom stereocenters. The van der Waals surface area contributed by atoms with Gasteiger partial charge in [-0.3, -0.25) is 13.5 Å². The van der Waals surface area contributed by atoms with Crippen LogP contribution in [0.3, 0.4) is 0 Å². The second-order valence-electron chi connectivity index (χ2n) is 4.47. The average molecular weight is 340 g/mol. The molecule has 0 amide bonds. The molecule has 0 aliphatic rings. The van der Waals surface area contributed by atoms with Gasteiger partial charge in [0.1, 0.15) is 9.36 Å². The van der Waals surface area contributed by atoms with Gasteiger partial charge in [-0.1, -0.05) is 43.0 Å². The van der Waals surface area contributed by atoms with Gasteiger partial charge < -0.3 is 4.74 Å². The number of unbranched alkanes of at least 4 members (excludes halogenated alkanes) is 3. The summed E-state index contributed by atoms with van der Waals surface area (Å²) in [6.45, 7) is 3.15. The van der Waals surface area contributed by atoms with E-state index in [0.717, 1.165) is 43.6 Å². The zero-order chi connectivity index (χ0) is 15.0. The molecule has 0 spiro atoms. The zero-order valence-corrected chi connectivity index (χ0v) is 13.8. The second kappa shape index (κ2) is 9.42. The third kappa shape index (κ3) is 5.85. The highest BCUT2D eigenvalue weighted by Gasteiger charge is 2.10. The molecule has 7 heteroatoms. The van der Waals surface area contributed by atoms with Gasteiger partial charge in [0.05, 0.1) is 6.61 Å². The summed E-state index contributed by atoms with van der Waals surface area (Å²) in [7, 11) is 0. The van der Waals surface area contributed by atoms with Gasteiger partial charge in [0.15, 0.2) is 0 Å². The summed E-state index contributed by atoms with van der Waals surface area (Å²) in [5.41, 5.74) is -0.236. The molecule has 0 fully saturated rings. The highest BCUT2D eigenvalue weighted by Crippen LogP contribution is 2.23. The first kappa shape index (κ1) is 17.5. The predicted molar refractivity (Wildman–Crippen MR) is 82.9 cm³/mol. The molecule has 20 heavy (non-hydrogen) atoms. The Morgan fingerprint density at radius 3 is 2.60 bits per heavy atom. The van der Waals surface area contributed by atoms with Crippen LogP contribution in [-0.4, -0.2) is 16.5 Å². The van der Waals surface area contributed by atoms with E-state index in [1.807, 2.05) is 0 Å². The fraction of sp³-hybridized carbons (Fsp3) is 0.692. The molecule has 0 aromatic carbocycles. The number of aryl methyl sites for hydroxylation is 1. The Labute approximate surface area is 132 Å². The second-order valence-corrected chi connectivity index (χ2v) is 6.48. The smallest absolute Gasteiger partial charge is 0.305 e. The van der Waals surface area contributed by atoms with Crippen LogP contribution in [0.15, 0.2) is 4.79 Å². The maximum Gasteiger partial charge on any atom is 0.305 e. The molecule has 0 N–H and O–H groups in total. The minimum absolute atomic E-state index is 0.0937. The molecule has 0 aliphatic carbocycles. The zero-order valence-electron chi connectivity index (χ0n) is 11.5. The SMILES string of the molecule is CCCCOC(=O)CCCCCn1sc(Cl)c(Cl)c1=O. The van der Waals surface area contributed by atoms with E-state index in [9.17, 15) is 9.59 Å². The number of hydrogen-bond acceptors (Lipinski definition) is 4. The molecule has 0 bridgehead atoms. The predicted octanol–water partition coefficient (Wildman–Crippen LogP) is 4.12. The van der Waals surface area contributed by atoms with E-state index < -0.39 is 0 Å². The van der Waals surface area contributed by atoms with Crippen molar-refractivity contribution in [1.29, 1.82) is 0 Å². The van der Waals surface area contributed by atoms with E-state index in [-0.39, 0.29) is 16.6 Å². The van der Waals surface area contributed by atoms with E-state index in [1.54, 1.807) is 3.96 Å². The van der Waals surface area contributed by atoms with Crippen LogP contribution in [0.1, 0.15) is 45.4 Å². The molecule has 4 nitrogen and oxygen atoms in total. The summed E-state index contributed by atoms with van der Waals surface area (Å²) in [5, 5.41) is 0.0937. The summed E-state index contributed by atoms with van der Waals surface area (Å²) in [6, 6.07) is 0. The molecule has 1 heterocycles. The summed E-state index contributed by atoms with van der Waals surface area (Å²) in [5.74, 6) is -0.141. The molecular formula is C13H19Cl2NO3S. The Hall–Kier alpha value is -0.520. The van der Waals surface area contributed by atoms with Crippen LogP contribution in [0.25, 0.3) is 0 Å². The van der Waals surface area contributed by atoms with Crippen molar-refractivity contribution in [2.24, 2.45) is 0 Å². The molecule has 0 saturated carbocycles. The van der Waals surface area contributed by atoms with Crippen molar-refractivity contribution in [3.63, 3.8) is 0 Å². The van der Waals surface area contributed by atoms with Crippen molar-refractivity contribution in [1.82, 2.24) is 3.96 Å². The average Bonchev–Trinajstić information content (AvgIpc) is 2.66. The maximum atomic E-state index is 11.6. The van der Waals surface area contributed by atoms with Gasteiger partial charge in [-0.2, -0.15) is 0 Å². The number of carbonyl (C=O) groups is 1. The van der Waals surface area contributed by atoms with Gasteiger partial charge in [-0.15, -0.1) is 0 Å². The Bertz CT molecular complexity index is 484. The quantitative estimate of drug-likeness (QED) is 0.502. The van der Waals surface area contributed by atoms with Crippen molar-refractivity contribution in [2.45, 2.75) is 52.0 Å². The molecule has 1 aromatic heterocycles. The van der Waals surface area contributed by atoms with Gasteiger partial charge in [-0.05, 0) is 30.8 Å². The highest BCUT2D eigenvalue weighted by atomic mass is 35.5. The van der Waals surface area contributed by atoms with E-state index in [4.69, 9.17) is 27.9 Å². The number of ether oxygens (including phenoxy) is 1. The van der Waals surface area contributed by atoms with Crippen LogP contribution >= 0.6 is 34.7 Å². The van der Waals surface area contributed by atoms with Crippen LogP contribution in [-0.2, 0) is 16.1 Å². The highest BCUT2D eigenvalue weighted by molar-refractivity contribution is 7.11. The molecule has 0 radical (unpaired) electrons. The maximum absolute atomic E-state index is 11.6. The lowest BCUT2D eigenvalue weighted by Crippen LogP contribution is -2.13. The first-order valence-electron chi connectivity index (χ1n) is 6.77. The van der Waals surface area contributed by atoms with Crippen molar-refractivity contribution in [3.8, 4) is 0 Å². The van der Waals surface area contributed by atoms with Crippen LogP contribution in [0.2, 0.25) is 9.36 Å². The first-order valence-corrected chi connectivity index (χ1v) is 8.30. The fourth-order valence-electron chi connectivity index (χ4n) is 1.62. The van der Waals surface area contributed by atoms with Crippen LogP contribution < -0.4 is 5.56 Å². The Morgan fingerprint density at radius 1 is 1.25 bits per heavy atom. The Balaban J connectivity index is 2.14. The van der Waals surface area contributed by atoms with Crippen molar-refractivity contribution in [3.05, 3.63) is 19.7 Å². The van der Waals surface area contributed by atoms with Crippen LogP contribution in [0.5, 0.6) is 0 Å². The monoisotopic (exact) mass is 339 g/mol. The van der Waals surface area contributed by atoms with Crippen LogP contribution in [0, 0.1) is 0 Å². The van der Waals surface area contributed by atoms with Gasteiger partial charge in [0.25, 0.3) is 5.56 Å². The van der Waals surface area contributed by atoms with Crippen molar-refractivity contribution >= 4 is 40.7 Å². The molecule has 0 aliphatic heterocycles. The van der Waals surface area contributed by atoms with Gasteiger partial charge in [0.2, 0.25) is 0 Å². The number of halogens is 2. The molecule has 1 rings (SSSR count). The number of carbonyl (C=O) groups excluding carboxylic acids is 1. The normalized spacial score (nSPS) is 10.8. The van der Waals surface area contributed by atoms with Gasteiger partial charge in [0, 0.05) is 13.0 Å². The number of nitrogens with zero attached hydrogens (tertiary/aromatic N) is 1. The summed E-state index contributed by atoms with van der Waals surface area (Å²) >= 11 is 12.7. The molecule has 1 aromatic rings. The first-order chi connectivity index (χ1) is 9.56. The minimum atomic E-state index is -0.236. The molecule has 0 atom stereocenters. The van der Waals surface area contributed by atoms with Crippen LogP contribution in [0.4, 0.5) is 0 Å². The summed E-state index contributed by atoms with van der Waals surface area (Å²) < 4.78 is 6.93. The van der Waals surface area contributed by atoms with Gasteiger partial charge >= 0.3 is 5.97 Å². The third-order valence-corrected chi connectivity index (χ3v) is 4.67. The minimum Gasteiger partial charge on any atom is -0.466 e. The van der Waals surface area contributed by atoms with Crippen molar-refractivity contribution in [2.75, 3.05) is 6.61 Å². The Kier molecular flexibility index (Phi) is 8.26. The third-order valence-electron chi connectivity index (χ3n) is 2.78. The summed E-state index contributed by atoms with van der Waals surface area (Å²) in [6.07, 6.45) is 4.82. The number of aromatic nitrogens is 1. The van der Waals surface area contributed by atoms with E-state index in [0.29, 0.717) is 23.9 Å². The summed E-state index contributed by atoms with van der Waals surface area (Å²) in [4.78, 5) is 22.9. The number of rotatable bonds is 9. The number of hydrogen-bond donors (Lipinski definition) is 0. The molecular weight excluding hydrogens is 321 g/mol. The fourth-order valence-corrected chi connectivity index (χ4v) is 2.96. The topological polar surface area (TPSA) is 48.3 Å².